The Morgan fingerprint density at radius 2 is 2.09 bits per heavy atom. The van der Waals surface area contributed by atoms with Crippen LogP contribution in [0.15, 0.2) is 24.4 Å². The molecule has 0 aliphatic carbocycles. The largest absolute Gasteiger partial charge is 0.396 e. The normalized spacial score (nSPS) is 17.2. The molecule has 1 aromatic heterocycles. The Hall–Kier alpha value is -1.50. The highest BCUT2D eigenvalue weighted by molar-refractivity contribution is 5.78. The van der Waals surface area contributed by atoms with Crippen LogP contribution in [0, 0.1) is 5.41 Å². The second-order valence-corrected chi connectivity index (χ2v) is 6.51. The minimum Gasteiger partial charge on any atom is -0.396 e. The summed E-state index contributed by atoms with van der Waals surface area (Å²) >= 11 is 0. The molecule has 0 aromatic carbocycles. The third-order valence-electron chi connectivity index (χ3n) is 4.45. The average molecular weight is 321 g/mol. The van der Waals surface area contributed by atoms with Gasteiger partial charge in [-0.05, 0) is 32.0 Å². The molecule has 128 valence electrons. The Morgan fingerprint density at radius 3 is 2.70 bits per heavy atom. The van der Waals surface area contributed by atoms with Gasteiger partial charge in [0, 0.05) is 45.0 Å². The van der Waals surface area contributed by atoms with Crippen LogP contribution in [0.4, 0.5) is 0 Å². The number of carbonyl (C=O) groups excluding carboxylic acids is 1. The first-order valence-corrected chi connectivity index (χ1v) is 8.06. The van der Waals surface area contributed by atoms with Gasteiger partial charge in [-0.3, -0.25) is 14.7 Å². The fourth-order valence-corrected chi connectivity index (χ4v) is 2.94. The predicted molar refractivity (Wildman–Crippen MR) is 87.8 cm³/mol. The van der Waals surface area contributed by atoms with Gasteiger partial charge in [0.05, 0.1) is 18.8 Å². The Bertz CT molecular complexity index is 489. The number of likely N-dealkylation sites (N-methyl/N-ethyl adjacent to an activating group) is 2. The number of aliphatic hydroxyl groups is 1. The van der Waals surface area contributed by atoms with E-state index < -0.39 is 0 Å². The lowest BCUT2D eigenvalue weighted by atomic mass is 9.80. The maximum atomic E-state index is 12.4. The van der Waals surface area contributed by atoms with Crippen molar-refractivity contribution in [2.45, 2.75) is 19.4 Å². The number of nitrogens with zero attached hydrogens (tertiary/aromatic N) is 3. The van der Waals surface area contributed by atoms with E-state index in [2.05, 4.69) is 4.98 Å². The molecular weight excluding hydrogens is 294 g/mol. The zero-order chi connectivity index (χ0) is 16.7. The van der Waals surface area contributed by atoms with Crippen molar-refractivity contribution in [1.29, 1.82) is 0 Å². The van der Waals surface area contributed by atoms with E-state index in [1.807, 2.05) is 37.2 Å². The molecule has 6 heteroatoms. The van der Waals surface area contributed by atoms with Crippen molar-refractivity contribution >= 4 is 5.91 Å². The van der Waals surface area contributed by atoms with Gasteiger partial charge >= 0.3 is 0 Å². The number of aliphatic hydroxyl groups excluding tert-OH is 1. The highest BCUT2D eigenvalue weighted by Crippen LogP contribution is 2.30. The van der Waals surface area contributed by atoms with E-state index in [-0.39, 0.29) is 17.9 Å². The Balaban J connectivity index is 1.84. The minimum absolute atomic E-state index is 0.0581. The average Bonchev–Trinajstić information content (AvgIpc) is 2.56. The molecule has 0 saturated carbocycles. The van der Waals surface area contributed by atoms with E-state index in [4.69, 9.17) is 4.74 Å². The van der Waals surface area contributed by atoms with E-state index in [1.54, 1.807) is 11.1 Å². The van der Waals surface area contributed by atoms with Gasteiger partial charge < -0.3 is 14.7 Å². The summed E-state index contributed by atoms with van der Waals surface area (Å²) in [5, 5.41) is 9.74. The standard InChI is InChI=1S/C17H27N3O3/c1-19(11-15-5-3-4-8-18-15)12-16(22)20(2)13-17(14-21)6-9-23-10-7-17/h3-5,8,21H,6-7,9-14H2,1-2H3. The molecular formula is C17H27N3O3. The first-order chi connectivity index (χ1) is 11.0. The molecule has 0 unspecified atom stereocenters. The monoisotopic (exact) mass is 321 g/mol. The summed E-state index contributed by atoms with van der Waals surface area (Å²) in [5.41, 5.74) is 0.726. The van der Waals surface area contributed by atoms with Crippen molar-refractivity contribution in [3.05, 3.63) is 30.1 Å². The number of pyridine rings is 1. The Morgan fingerprint density at radius 1 is 1.35 bits per heavy atom. The van der Waals surface area contributed by atoms with E-state index in [0.29, 0.717) is 32.8 Å². The lowest BCUT2D eigenvalue weighted by Crippen LogP contribution is -2.46. The third-order valence-corrected chi connectivity index (χ3v) is 4.45. The van der Waals surface area contributed by atoms with Gasteiger partial charge in [-0.2, -0.15) is 0 Å². The summed E-state index contributed by atoms with van der Waals surface area (Å²) in [6.45, 7) is 2.95. The first kappa shape index (κ1) is 17.8. The summed E-state index contributed by atoms with van der Waals surface area (Å²) in [6, 6.07) is 5.78. The second-order valence-electron chi connectivity index (χ2n) is 6.51. The molecule has 23 heavy (non-hydrogen) atoms. The second kappa shape index (κ2) is 8.38. The molecule has 6 nitrogen and oxygen atoms in total. The van der Waals surface area contributed by atoms with Crippen LogP contribution in [0.1, 0.15) is 18.5 Å². The third kappa shape index (κ3) is 5.27. The zero-order valence-corrected chi connectivity index (χ0v) is 14.1. The van der Waals surface area contributed by atoms with Gasteiger partial charge in [0.25, 0.3) is 0 Å². The number of amides is 1. The lowest BCUT2D eigenvalue weighted by Gasteiger charge is -2.38. The van der Waals surface area contributed by atoms with Crippen molar-refractivity contribution in [2.24, 2.45) is 5.41 Å². The molecule has 2 rings (SSSR count). The van der Waals surface area contributed by atoms with Gasteiger partial charge in [0.2, 0.25) is 5.91 Å². The summed E-state index contributed by atoms with van der Waals surface area (Å²) < 4.78 is 5.37. The molecule has 1 aliphatic heterocycles. The van der Waals surface area contributed by atoms with Gasteiger partial charge in [-0.25, -0.2) is 0 Å². The number of carbonyl (C=O) groups is 1. The van der Waals surface area contributed by atoms with Crippen molar-refractivity contribution in [2.75, 3.05) is 47.0 Å². The van der Waals surface area contributed by atoms with Gasteiger partial charge in [-0.1, -0.05) is 6.07 Å². The van der Waals surface area contributed by atoms with E-state index in [9.17, 15) is 9.90 Å². The molecule has 0 bridgehead atoms. The molecule has 0 spiro atoms. The van der Waals surface area contributed by atoms with Crippen LogP contribution in [0.5, 0.6) is 0 Å². The van der Waals surface area contributed by atoms with Crippen LogP contribution >= 0.6 is 0 Å². The number of hydrogen-bond acceptors (Lipinski definition) is 5. The highest BCUT2D eigenvalue weighted by Gasteiger charge is 2.34. The summed E-state index contributed by atoms with van der Waals surface area (Å²) in [6.07, 6.45) is 3.35. The molecule has 1 aliphatic rings. The number of hydrogen-bond donors (Lipinski definition) is 1. The fraction of sp³-hybridized carbons (Fsp3) is 0.647. The van der Waals surface area contributed by atoms with E-state index in [1.165, 1.54) is 0 Å². The molecule has 1 aromatic rings. The van der Waals surface area contributed by atoms with Gasteiger partial charge in [0.1, 0.15) is 0 Å². The molecule has 1 N–H and O–H groups in total. The van der Waals surface area contributed by atoms with Crippen molar-refractivity contribution in [1.82, 2.24) is 14.8 Å². The van der Waals surface area contributed by atoms with Crippen LogP contribution in [0.25, 0.3) is 0 Å². The quantitative estimate of drug-likeness (QED) is 0.803. The van der Waals surface area contributed by atoms with Gasteiger partial charge in [-0.15, -0.1) is 0 Å². The molecule has 1 saturated heterocycles. The molecule has 1 fully saturated rings. The van der Waals surface area contributed by atoms with Crippen molar-refractivity contribution < 1.29 is 14.6 Å². The predicted octanol–water partition coefficient (Wildman–Crippen LogP) is 0.761. The van der Waals surface area contributed by atoms with Crippen molar-refractivity contribution in [3.63, 3.8) is 0 Å². The number of ether oxygens (including phenoxy) is 1. The smallest absolute Gasteiger partial charge is 0.236 e. The van der Waals surface area contributed by atoms with Crippen LogP contribution < -0.4 is 0 Å². The highest BCUT2D eigenvalue weighted by atomic mass is 16.5. The van der Waals surface area contributed by atoms with Crippen LogP contribution in [0.3, 0.4) is 0 Å². The fourth-order valence-electron chi connectivity index (χ4n) is 2.94. The Labute approximate surface area is 138 Å². The van der Waals surface area contributed by atoms with Crippen LogP contribution in [0.2, 0.25) is 0 Å². The number of rotatable bonds is 7. The molecule has 0 radical (unpaired) electrons. The van der Waals surface area contributed by atoms with Gasteiger partial charge in [0.15, 0.2) is 0 Å². The topological polar surface area (TPSA) is 65.9 Å². The summed E-state index contributed by atoms with van der Waals surface area (Å²) in [7, 11) is 3.72. The molecule has 0 atom stereocenters. The van der Waals surface area contributed by atoms with E-state index >= 15 is 0 Å². The maximum absolute atomic E-state index is 12.4. The SMILES string of the molecule is CN(CC(=O)N(C)CC1(CO)CCOCC1)Cc1ccccn1. The maximum Gasteiger partial charge on any atom is 0.236 e. The molecule has 2 heterocycles. The van der Waals surface area contributed by atoms with E-state index in [0.717, 1.165) is 18.5 Å². The zero-order valence-electron chi connectivity index (χ0n) is 14.1. The lowest BCUT2D eigenvalue weighted by molar-refractivity contribution is -0.134. The van der Waals surface area contributed by atoms with Crippen molar-refractivity contribution in [3.8, 4) is 0 Å². The minimum atomic E-state index is -0.220. The molecule has 1 amide bonds. The van der Waals surface area contributed by atoms with Crippen LogP contribution in [-0.2, 0) is 16.1 Å². The summed E-state index contributed by atoms with van der Waals surface area (Å²) in [4.78, 5) is 20.4. The Kier molecular flexibility index (Phi) is 6.50. The first-order valence-electron chi connectivity index (χ1n) is 8.06. The number of aromatic nitrogens is 1. The summed E-state index contributed by atoms with van der Waals surface area (Å²) in [5.74, 6) is 0.0581. The van der Waals surface area contributed by atoms with Crippen LogP contribution in [-0.4, -0.2) is 72.8 Å².